The fourth-order valence-corrected chi connectivity index (χ4v) is 2.20. The van der Waals surface area contributed by atoms with Crippen LogP contribution in [0.15, 0.2) is 30.3 Å². The van der Waals surface area contributed by atoms with Crippen molar-refractivity contribution in [2.45, 2.75) is 32.7 Å². The SMILES string of the molecule is CCCN(CCC)C(=O)CNC(C(=O)O)c1ccccc1. The molecule has 116 valence electrons. The molecule has 0 heterocycles. The molecular weight excluding hydrogens is 268 g/mol. The molecule has 0 saturated carbocycles. The third kappa shape index (κ3) is 5.55. The van der Waals surface area contributed by atoms with E-state index in [1.54, 1.807) is 29.2 Å². The molecule has 1 rings (SSSR count). The van der Waals surface area contributed by atoms with Crippen molar-refractivity contribution in [3.05, 3.63) is 35.9 Å². The van der Waals surface area contributed by atoms with Crippen LogP contribution >= 0.6 is 0 Å². The molecule has 0 radical (unpaired) electrons. The molecule has 0 saturated heterocycles. The van der Waals surface area contributed by atoms with Gasteiger partial charge in [0.2, 0.25) is 5.91 Å². The van der Waals surface area contributed by atoms with Gasteiger partial charge in [-0.2, -0.15) is 0 Å². The van der Waals surface area contributed by atoms with E-state index < -0.39 is 12.0 Å². The normalized spacial score (nSPS) is 11.9. The summed E-state index contributed by atoms with van der Waals surface area (Å²) in [7, 11) is 0. The quantitative estimate of drug-likeness (QED) is 0.731. The highest BCUT2D eigenvalue weighted by Gasteiger charge is 2.21. The minimum absolute atomic E-state index is 0.0336. The summed E-state index contributed by atoms with van der Waals surface area (Å²) in [5, 5.41) is 12.1. The Morgan fingerprint density at radius 1 is 1.14 bits per heavy atom. The van der Waals surface area contributed by atoms with Crippen molar-refractivity contribution in [2.75, 3.05) is 19.6 Å². The first-order valence-corrected chi connectivity index (χ1v) is 7.39. The van der Waals surface area contributed by atoms with Crippen LogP contribution in [-0.2, 0) is 9.59 Å². The van der Waals surface area contributed by atoms with Gasteiger partial charge in [-0.15, -0.1) is 0 Å². The average Bonchev–Trinajstić information content (AvgIpc) is 2.48. The molecule has 1 atom stereocenters. The number of carbonyl (C=O) groups excluding carboxylic acids is 1. The fourth-order valence-electron chi connectivity index (χ4n) is 2.20. The topological polar surface area (TPSA) is 69.6 Å². The molecule has 1 unspecified atom stereocenters. The molecule has 0 aliphatic rings. The summed E-state index contributed by atoms with van der Waals surface area (Å²) in [5.41, 5.74) is 0.648. The van der Waals surface area contributed by atoms with Gasteiger partial charge in [-0.05, 0) is 18.4 Å². The largest absolute Gasteiger partial charge is 0.480 e. The van der Waals surface area contributed by atoms with Crippen molar-refractivity contribution < 1.29 is 14.7 Å². The number of carboxylic acid groups (broad SMARTS) is 1. The Bertz CT molecular complexity index is 442. The van der Waals surface area contributed by atoms with Crippen LogP contribution in [0.5, 0.6) is 0 Å². The summed E-state index contributed by atoms with van der Waals surface area (Å²) in [6.45, 7) is 5.49. The first-order chi connectivity index (χ1) is 10.1. The van der Waals surface area contributed by atoms with Crippen molar-refractivity contribution in [3.8, 4) is 0 Å². The third-order valence-electron chi connectivity index (χ3n) is 3.18. The lowest BCUT2D eigenvalue weighted by molar-refractivity contribution is -0.140. The molecule has 0 bridgehead atoms. The van der Waals surface area contributed by atoms with Gasteiger partial charge in [0, 0.05) is 13.1 Å². The average molecular weight is 292 g/mol. The Morgan fingerprint density at radius 3 is 2.19 bits per heavy atom. The van der Waals surface area contributed by atoms with E-state index in [-0.39, 0.29) is 12.5 Å². The van der Waals surface area contributed by atoms with E-state index in [2.05, 4.69) is 5.32 Å². The zero-order chi connectivity index (χ0) is 15.7. The van der Waals surface area contributed by atoms with Crippen molar-refractivity contribution in [1.82, 2.24) is 10.2 Å². The molecule has 0 aliphatic carbocycles. The Morgan fingerprint density at radius 2 is 1.71 bits per heavy atom. The Balaban J connectivity index is 2.65. The number of nitrogens with zero attached hydrogens (tertiary/aromatic N) is 1. The van der Waals surface area contributed by atoms with E-state index in [1.807, 2.05) is 19.9 Å². The van der Waals surface area contributed by atoms with Crippen molar-refractivity contribution in [3.63, 3.8) is 0 Å². The van der Waals surface area contributed by atoms with Crippen molar-refractivity contribution >= 4 is 11.9 Å². The number of rotatable bonds is 9. The standard InChI is InChI=1S/C16H24N2O3/c1-3-10-18(11-4-2)14(19)12-17-15(16(20)21)13-8-6-5-7-9-13/h5-9,15,17H,3-4,10-12H2,1-2H3,(H,20,21). The molecule has 0 aromatic heterocycles. The maximum Gasteiger partial charge on any atom is 0.325 e. The molecule has 5 heteroatoms. The maximum absolute atomic E-state index is 12.2. The molecule has 1 amide bonds. The minimum atomic E-state index is -0.980. The summed E-state index contributed by atoms with van der Waals surface area (Å²) in [4.78, 5) is 25.3. The van der Waals surface area contributed by atoms with Gasteiger partial charge < -0.3 is 10.0 Å². The summed E-state index contributed by atoms with van der Waals surface area (Å²) >= 11 is 0. The number of carboxylic acids is 1. The van der Waals surface area contributed by atoms with Crippen LogP contribution in [0.2, 0.25) is 0 Å². The van der Waals surface area contributed by atoms with Crippen LogP contribution < -0.4 is 5.32 Å². The van der Waals surface area contributed by atoms with Gasteiger partial charge in [0.15, 0.2) is 0 Å². The van der Waals surface area contributed by atoms with Gasteiger partial charge in [-0.1, -0.05) is 44.2 Å². The van der Waals surface area contributed by atoms with E-state index in [4.69, 9.17) is 0 Å². The lowest BCUT2D eigenvalue weighted by Crippen LogP contribution is -2.41. The second-order valence-corrected chi connectivity index (χ2v) is 4.94. The highest BCUT2D eigenvalue weighted by molar-refractivity contribution is 5.80. The Kier molecular flexibility index (Phi) is 7.46. The first-order valence-electron chi connectivity index (χ1n) is 7.39. The molecular formula is C16H24N2O3. The molecule has 0 aliphatic heterocycles. The third-order valence-corrected chi connectivity index (χ3v) is 3.18. The van der Waals surface area contributed by atoms with Crippen LogP contribution in [0.3, 0.4) is 0 Å². The van der Waals surface area contributed by atoms with Crippen LogP contribution in [0.25, 0.3) is 0 Å². The van der Waals surface area contributed by atoms with E-state index in [0.29, 0.717) is 18.7 Å². The van der Waals surface area contributed by atoms with Gasteiger partial charge in [0.25, 0.3) is 0 Å². The second kappa shape index (κ2) is 9.13. The summed E-state index contributed by atoms with van der Waals surface area (Å²) in [6.07, 6.45) is 1.79. The van der Waals surface area contributed by atoms with Gasteiger partial charge in [-0.3, -0.25) is 14.9 Å². The van der Waals surface area contributed by atoms with E-state index in [1.165, 1.54) is 0 Å². The summed E-state index contributed by atoms with van der Waals surface area (Å²) in [5.74, 6) is -1.03. The smallest absolute Gasteiger partial charge is 0.325 e. The molecule has 5 nitrogen and oxygen atoms in total. The van der Waals surface area contributed by atoms with Crippen LogP contribution in [0, 0.1) is 0 Å². The maximum atomic E-state index is 12.2. The number of nitrogens with one attached hydrogen (secondary N) is 1. The summed E-state index contributed by atoms with van der Waals surface area (Å²) < 4.78 is 0. The Hall–Kier alpha value is -1.88. The molecule has 0 fully saturated rings. The van der Waals surface area contributed by atoms with Crippen LogP contribution in [0.1, 0.15) is 38.3 Å². The van der Waals surface area contributed by atoms with Gasteiger partial charge in [-0.25, -0.2) is 0 Å². The highest BCUT2D eigenvalue weighted by atomic mass is 16.4. The fraction of sp³-hybridized carbons (Fsp3) is 0.500. The molecule has 2 N–H and O–H groups in total. The predicted octanol–water partition coefficient (Wildman–Crippen LogP) is 2.05. The Labute approximate surface area is 126 Å². The van der Waals surface area contributed by atoms with Crippen molar-refractivity contribution in [1.29, 1.82) is 0 Å². The van der Waals surface area contributed by atoms with Crippen molar-refractivity contribution in [2.24, 2.45) is 0 Å². The van der Waals surface area contributed by atoms with E-state index >= 15 is 0 Å². The molecule has 0 spiro atoms. The zero-order valence-corrected chi connectivity index (χ0v) is 12.7. The van der Waals surface area contributed by atoms with Gasteiger partial charge >= 0.3 is 5.97 Å². The summed E-state index contributed by atoms with van der Waals surface area (Å²) in [6, 6.07) is 8.03. The second-order valence-electron chi connectivity index (χ2n) is 4.94. The first kappa shape index (κ1) is 17.2. The number of hydrogen-bond acceptors (Lipinski definition) is 3. The lowest BCUT2D eigenvalue weighted by atomic mass is 10.1. The number of amides is 1. The van der Waals surface area contributed by atoms with Gasteiger partial charge in [0.1, 0.15) is 6.04 Å². The molecule has 1 aromatic rings. The monoisotopic (exact) mass is 292 g/mol. The van der Waals surface area contributed by atoms with E-state index in [9.17, 15) is 14.7 Å². The number of hydrogen-bond donors (Lipinski definition) is 2. The zero-order valence-electron chi connectivity index (χ0n) is 12.7. The van der Waals surface area contributed by atoms with Gasteiger partial charge in [0.05, 0.1) is 6.54 Å². The number of benzene rings is 1. The molecule has 21 heavy (non-hydrogen) atoms. The molecule has 1 aromatic carbocycles. The van der Waals surface area contributed by atoms with E-state index in [0.717, 1.165) is 12.8 Å². The highest BCUT2D eigenvalue weighted by Crippen LogP contribution is 2.12. The number of carbonyl (C=O) groups is 2. The predicted molar refractivity (Wildman–Crippen MR) is 82.0 cm³/mol. The van der Waals surface area contributed by atoms with Crippen LogP contribution in [0.4, 0.5) is 0 Å². The number of aliphatic carboxylic acids is 1. The minimum Gasteiger partial charge on any atom is -0.480 e. The lowest BCUT2D eigenvalue weighted by Gasteiger charge is -2.23. The van der Waals surface area contributed by atoms with Crippen LogP contribution in [-0.4, -0.2) is 41.5 Å².